The van der Waals surface area contributed by atoms with Crippen molar-refractivity contribution in [3.05, 3.63) is 22.7 Å². The van der Waals surface area contributed by atoms with Crippen LogP contribution in [0.3, 0.4) is 0 Å². The highest BCUT2D eigenvalue weighted by molar-refractivity contribution is 5.85. The van der Waals surface area contributed by atoms with Gasteiger partial charge in [0, 0.05) is 12.6 Å². The molecule has 0 unspecified atom stereocenters. The zero-order valence-electron chi connectivity index (χ0n) is 11.1. The highest BCUT2D eigenvalue weighted by atomic mass is 16.4. The zero-order chi connectivity index (χ0) is 13.5. The lowest BCUT2D eigenvalue weighted by molar-refractivity contribution is 0.486. The monoisotopic (exact) mass is 261 g/mol. The fraction of sp³-hybridized carbons (Fsp3) is 0.500. The molecule has 0 bridgehead atoms. The molecule has 1 aliphatic rings. The second kappa shape index (κ2) is 4.33. The van der Waals surface area contributed by atoms with Crippen molar-refractivity contribution >= 4 is 22.5 Å². The molecule has 5 heteroatoms. The molecule has 1 heterocycles. The molecule has 1 aromatic carbocycles. The van der Waals surface area contributed by atoms with Crippen LogP contribution in [0, 0.1) is 5.41 Å². The Morgan fingerprint density at radius 1 is 1.47 bits per heavy atom. The number of nitrogens with one attached hydrogen (secondary N) is 2. The number of oxazole rings is 1. The zero-order valence-corrected chi connectivity index (χ0v) is 11.1. The Morgan fingerprint density at radius 2 is 2.26 bits per heavy atom. The molecule has 1 aromatic heterocycles. The van der Waals surface area contributed by atoms with Gasteiger partial charge in [-0.25, -0.2) is 4.79 Å². The van der Waals surface area contributed by atoms with E-state index >= 15 is 0 Å². The quantitative estimate of drug-likeness (QED) is 0.722. The molecule has 0 radical (unpaired) electrons. The van der Waals surface area contributed by atoms with Crippen molar-refractivity contribution in [3.63, 3.8) is 0 Å². The number of nitrogen functional groups attached to an aromatic ring is 1. The third kappa shape index (κ3) is 2.32. The van der Waals surface area contributed by atoms with E-state index < -0.39 is 5.76 Å². The van der Waals surface area contributed by atoms with Crippen LogP contribution in [-0.4, -0.2) is 11.5 Å². The topological polar surface area (TPSA) is 84.0 Å². The maximum Gasteiger partial charge on any atom is 0.417 e. The van der Waals surface area contributed by atoms with Crippen molar-refractivity contribution < 1.29 is 4.42 Å². The molecule has 3 rings (SSSR count). The molecule has 0 amide bonds. The van der Waals surface area contributed by atoms with Gasteiger partial charge in [-0.05, 0) is 30.7 Å². The average molecular weight is 261 g/mol. The van der Waals surface area contributed by atoms with Crippen molar-refractivity contribution in [1.29, 1.82) is 0 Å². The second-order valence-corrected chi connectivity index (χ2v) is 5.55. The van der Waals surface area contributed by atoms with Crippen molar-refractivity contribution in [2.75, 3.05) is 17.6 Å². The van der Waals surface area contributed by atoms with Crippen molar-refractivity contribution in [2.24, 2.45) is 5.41 Å². The van der Waals surface area contributed by atoms with E-state index in [1.807, 2.05) is 6.07 Å². The number of benzene rings is 1. The molecule has 0 spiro atoms. The summed E-state index contributed by atoms with van der Waals surface area (Å²) >= 11 is 0. The third-order valence-corrected chi connectivity index (χ3v) is 3.98. The lowest BCUT2D eigenvalue weighted by Gasteiger charge is -2.16. The summed E-state index contributed by atoms with van der Waals surface area (Å²) in [5, 5.41) is 3.41. The first kappa shape index (κ1) is 12.1. The molecule has 5 nitrogen and oxygen atoms in total. The second-order valence-electron chi connectivity index (χ2n) is 5.55. The summed E-state index contributed by atoms with van der Waals surface area (Å²) in [6, 6.07) is 3.53. The fourth-order valence-electron chi connectivity index (χ4n) is 2.67. The normalized spacial score (nSPS) is 16.7. The van der Waals surface area contributed by atoms with Gasteiger partial charge in [-0.1, -0.05) is 13.3 Å². The number of H-pyrrole nitrogens is 1. The Hall–Kier alpha value is -1.91. The molecule has 1 aliphatic carbocycles. The van der Waals surface area contributed by atoms with Gasteiger partial charge in [0.25, 0.3) is 0 Å². The van der Waals surface area contributed by atoms with Gasteiger partial charge in [-0.3, -0.25) is 4.98 Å². The van der Waals surface area contributed by atoms with E-state index in [1.54, 1.807) is 6.07 Å². The summed E-state index contributed by atoms with van der Waals surface area (Å²) in [5.41, 5.74) is 9.11. The standard InChI is InChI=1S/C14H19N3O2/c1-2-3-14(4-5-14)8-16-10-7-11-12(6-9(10)15)19-13(18)17-11/h6-7,16H,2-5,8,15H2,1H3,(H,17,18). The first-order chi connectivity index (χ1) is 9.12. The molecule has 102 valence electrons. The van der Waals surface area contributed by atoms with Crippen LogP contribution < -0.4 is 16.8 Å². The highest BCUT2D eigenvalue weighted by Crippen LogP contribution is 2.49. The molecule has 4 N–H and O–H groups in total. The molecular weight excluding hydrogens is 242 g/mol. The summed E-state index contributed by atoms with van der Waals surface area (Å²) in [7, 11) is 0. The molecular formula is C14H19N3O2. The average Bonchev–Trinajstić information content (AvgIpc) is 3.02. The van der Waals surface area contributed by atoms with Gasteiger partial charge < -0.3 is 15.5 Å². The smallest absolute Gasteiger partial charge is 0.408 e. The summed E-state index contributed by atoms with van der Waals surface area (Å²) in [6.07, 6.45) is 5.05. The minimum absolute atomic E-state index is 0.448. The number of hydrogen-bond donors (Lipinski definition) is 3. The summed E-state index contributed by atoms with van der Waals surface area (Å²) in [4.78, 5) is 13.8. The largest absolute Gasteiger partial charge is 0.417 e. The number of hydrogen-bond acceptors (Lipinski definition) is 4. The lowest BCUT2D eigenvalue weighted by atomic mass is 10.0. The summed E-state index contributed by atoms with van der Waals surface area (Å²) in [6.45, 7) is 3.16. The van der Waals surface area contributed by atoms with Gasteiger partial charge in [0.2, 0.25) is 0 Å². The highest BCUT2D eigenvalue weighted by Gasteiger charge is 2.41. The van der Waals surface area contributed by atoms with E-state index in [1.165, 1.54) is 25.7 Å². The Kier molecular flexibility index (Phi) is 2.77. The summed E-state index contributed by atoms with van der Waals surface area (Å²) < 4.78 is 4.98. The maximum absolute atomic E-state index is 11.1. The predicted molar refractivity (Wildman–Crippen MR) is 76.3 cm³/mol. The number of aromatic nitrogens is 1. The summed E-state index contributed by atoms with van der Waals surface area (Å²) in [5.74, 6) is -0.448. The SMILES string of the molecule is CCCC1(CNc2cc3[nH]c(=O)oc3cc2N)CC1. The van der Waals surface area contributed by atoms with Gasteiger partial charge in [-0.2, -0.15) is 0 Å². The van der Waals surface area contributed by atoms with Crippen LogP contribution in [0.1, 0.15) is 32.6 Å². The Labute approximate surface area is 111 Å². The Morgan fingerprint density at radius 3 is 2.95 bits per heavy atom. The van der Waals surface area contributed by atoms with Crippen LogP contribution in [0.4, 0.5) is 11.4 Å². The minimum Gasteiger partial charge on any atom is -0.408 e. The van der Waals surface area contributed by atoms with Crippen LogP contribution in [0.5, 0.6) is 0 Å². The molecule has 0 atom stereocenters. The van der Waals surface area contributed by atoms with Crippen molar-refractivity contribution in [2.45, 2.75) is 32.6 Å². The van der Waals surface area contributed by atoms with Crippen LogP contribution in [0.2, 0.25) is 0 Å². The van der Waals surface area contributed by atoms with Gasteiger partial charge >= 0.3 is 5.76 Å². The molecule has 19 heavy (non-hydrogen) atoms. The third-order valence-electron chi connectivity index (χ3n) is 3.98. The molecule has 1 saturated carbocycles. The minimum atomic E-state index is -0.448. The van der Waals surface area contributed by atoms with Crippen LogP contribution in [0.15, 0.2) is 21.3 Å². The van der Waals surface area contributed by atoms with Gasteiger partial charge in [0.1, 0.15) is 0 Å². The van der Waals surface area contributed by atoms with Crippen LogP contribution >= 0.6 is 0 Å². The molecule has 1 fully saturated rings. The van der Waals surface area contributed by atoms with Crippen LogP contribution in [0.25, 0.3) is 11.1 Å². The van der Waals surface area contributed by atoms with Gasteiger partial charge in [0.15, 0.2) is 5.58 Å². The van der Waals surface area contributed by atoms with E-state index in [-0.39, 0.29) is 0 Å². The number of rotatable bonds is 5. The maximum atomic E-state index is 11.1. The first-order valence-corrected chi connectivity index (χ1v) is 6.78. The van der Waals surface area contributed by atoms with Crippen LogP contribution in [-0.2, 0) is 0 Å². The van der Waals surface area contributed by atoms with E-state index in [0.717, 1.165) is 12.2 Å². The van der Waals surface area contributed by atoms with Gasteiger partial charge in [-0.15, -0.1) is 0 Å². The first-order valence-electron chi connectivity index (χ1n) is 6.78. The number of nitrogens with two attached hydrogens (primary N) is 1. The van der Waals surface area contributed by atoms with Crippen molar-refractivity contribution in [1.82, 2.24) is 4.98 Å². The van der Waals surface area contributed by atoms with Crippen molar-refractivity contribution in [3.8, 4) is 0 Å². The lowest BCUT2D eigenvalue weighted by Crippen LogP contribution is -2.15. The van der Waals surface area contributed by atoms with Gasteiger partial charge in [0.05, 0.1) is 16.9 Å². The Bertz CT molecular complexity index is 652. The number of fused-ring (bicyclic) bond motifs is 1. The number of anilines is 2. The molecule has 2 aromatic rings. The van der Waals surface area contributed by atoms with E-state index in [4.69, 9.17) is 10.2 Å². The predicted octanol–water partition coefficient (Wildman–Crippen LogP) is 2.70. The number of aromatic amines is 1. The van der Waals surface area contributed by atoms with E-state index in [9.17, 15) is 4.79 Å². The Balaban J connectivity index is 1.80. The molecule has 0 aliphatic heterocycles. The van der Waals surface area contributed by atoms with E-state index in [2.05, 4.69) is 17.2 Å². The fourth-order valence-corrected chi connectivity index (χ4v) is 2.67. The van der Waals surface area contributed by atoms with E-state index in [0.29, 0.717) is 22.2 Å². The molecule has 0 saturated heterocycles.